The van der Waals surface area contributed by atoms with Crippen LogP contribution in [0.1, 0.15) is 44.0 Å². The Morgan fingerprint density at radius 2 is 1.75 bits per heavy atom. The summed E-state index contributed by atoms with van der Waals surface area (Å²) in [6, 6.07) is 21.5. The van der Waals surface area contributed by atoms with Crippen molar-refractivity contribution in [1.29, 1.82) is 0 Å². The van der Waals surface area contributed by atoms with Crippen molar-refractivity contribution in [2.75, 3.05) is 5.32 Å². The van der Waals surface area contributed by atoms with Gasteiger partial charge in [-0.1, -0.05) is 59.9 Å². The van der Waals surface area contributed by atoms with Gasteiger partial charge < -0.3 is 16.0 Å². The van der Waals surface area contributed by atoms with E-state index in [1.165, 1.54) is 6.07 Å². The van der Waals surface area contributed by atoms with Crippen LogP contribution in [-0.2, 0) is 6.54 Å². The molecule has 2 amide bonds. The molecule has 0 aliphatic heterocycles. The fourth-order valence-corrected chi connectivity index (χ4v) is 4.64. The van der Waals surface area contributed by atoms with Crippen LogP contribution in [-0.4, -0.2) is 22.8 Å². The van der Waals surface area contributed by atoms with Crippen LogP contribution in [0.4, 0.5) is 15.2 Å². The van der Waals surface area contributed by atoms with Crippen LogP contribution in [0.15, 0.2) is 72.8 Å². The number of halogens is 1. The molecule has 3 aromatic carbocycles. The van der Waals surface area contributed by atoms with E-state index in [-0.39, 0.29) is 29.1 Å². The fourth-order valence-electron chi connectivity index (χ4n) is 3.73. The first kappa shape index (κ1) is 23.7. The number of nitrogens with one attached hydrogen (secondary N) is 3. The smallest absolute Gasteiger partial charge is 0.264 e. The highest BCUT2D eigenvalue weighted by Gasteiger charge is 2.25. The number of thiazole rings is 1. The number of nitrogens with zero attached hydrogens (tertiary/aromatic N) is 1. The van der Waals surface area contributed by atoms with Crippen LogP contribution in [0.25, 0.3) is 11.3 Å². The van der Waals surface area contributed by atoms with Crippen LogP contribution in [0, 0.1) is 12.7 Å². The van der Waals surface area contributed by atoms with Crippen LogP contribution in [0.3, 0.4) is 0 Å². The van der Waals surface area contributed by atoms with Crippen molar-refractivity contribution in [1.82, 2.24) is 15.6 Å². The zero-order valence-electron chi connectivity index (χ0n) is 19.7. The Bertz CT molecular complexity index is 1420. The first-order chi connectivity index (χ1) is 17.5. The van der Waals surface area contributed by atoms with Crippen LogP contribution in [0.2, 0.25) is 0 Å². The fraction of sp³-hybridized carbons (Fsp3) is 0.179. The van der Waals surface area contributed by atoms with E-state index in [0.717, 1.165) is 35.3 Å². The SMILES string of the molecule is Cc1ccc(C(=O)NC2CC2)cc1Nc1nc(-c2ccccc2F)c(C(=O)NCc2ccccc2)s1. The number of carbonyl (C=O) groups is 2. The number of aromatic nitrogens is 1. The number of amides is 2. The Hall–Kier alpha value is -4.04. The summed E-state index contributed by atoms with van der Waals surface area (Å²) in [5, 5.41) is 9.57. The lowest BCUT2D eigenvalue weighted by Gasteiger charge is -2.10. The standard InChI is InChI=1S/C28H25FN4O2S/c1-17-11-12-19(26(34)31-20-13-14-20)15-23(17)32-28-33-24(21-9-5-6-10-22(21)29)25(36-28)27(35)30-16-18-7-3-2-4-8-18/h2-12,15,20H,13-14,16H2,1H3,(H,30,35)(H,31,34)(H,32,33). The Morgan fingerprint density at radius 3 is 2.50 bits per heavy atom. The molecule has 0 saturated heterocycles. The molecule has 4 aromatic rings. The zero-order valence-corrected chi connectivity index (χ0v) is 20.5. The molecule has 1 aromatic heterocycles. The van der Waals surface area contributed by atoms with Crippen LogP contribution < -0.4 is 16.0 Å². The van der Waals surface area contributed by atoms with Gasteiger partial charge in [0.05, 0.1) is 5.69 Å². The third-order valence-electron chi connectivity index (χ3n) is 5.91. The number of carbonyl (C=O) groups excluding carboxylic acids is 2. The predicted octanol–water partition coefficient (Wildman–Crippen LogP) is 5.82. The molecular weight excluding hydrogens is 475 g/mol. The molecule has 3 N–H and O–H groups in total. The molecular formula is C28H25FN4O2S. The summed E-state index contributed by atoms with van der Waals surface area (Å²) in [6.07, 6.45) is 2.02. The van der Waals surface area contributed by atoms with Crippen molar-refractivity contribution in [3.63, 3.8) is 0 Å². The number of hydrogen-bond donors (Lipinski definition) is 3. The van der Waals surface area contributed by atoms with E-state index in [2.05, 4.69) is 20.9 Å². The van der Waals surface area contributed by atoms with E-state index < -0.39 is 5.82 Å². The van der Waals surface area contributed by atoms with Crippen molar-refractivity contribution in [2.24, 2.45) is 0 Å². The lowest BCUT2D eigenvalue weighted by molar-refractivity contribution is 0.0944. The van der Waals surface area contributed by atoms with Gasteiger partial charge in [0.25, 0.3) is 11.8 Å². The average Bonchev–Trinajstić information content (AvgIpc) is 3.61. The van der Waals surface area contributed by atoms with E-state index in [0.29, 0.717) is 27.8 Å². The molecule has 0 unspecified atom stereocenters. The third kappa shape index (κ3) is 5.44. The van der Waals surface area contributed by atoms with Crippen molar-refractivity contribution >= 4 is 34.0 Å². The first-order valence-electron chi connectivity index (χ1n) is 11.7. The summed E-state index contributed by atoms with van der Waals surface area (Å²) >= 11 is 1.14. The molecule has 1 aliphatic rings. The van der Waals surface area contributed by atoms with Gasteiger partial charge in [0.2, 0.25) is 0 Å². The Kier molecular flexibility index (Phi) is 6.77. The highest BCUT2D eigenvalue weighted by molar-refractivity contribution is 7.18. The predicted molar refractivity (Wildman–Crippen MR) is 140 cm³/mol. The van der Waals surface area contributed by atoms with E-state index in [4.69, 9.17) is 0 Å². The molecule has 6 nitrogen and oxygen atoms in total. The average molecular weight is 501 g/mol. The summed E-state index contributed by atoms with van der Waals surface area (Å²) in [6.45, 7) is 2.26. The number of rotatable bonds is 8. The molecule has 0 atom stereocenters. The van der Waals surface area contributed by atoms with Gasteiger partial charge >= 0.3 is 0 Å². The minimum absolute atomic E-state index is 0.118. The van der Waals surface area contributed by atoms with Crippen LogP contribution in [0.5, 0.6) is 0 Å². The van der Waals surface area contributed by atoms with Gasteiger partial charge in [0.1, 0.15) is 10.7 Å². The summed E-state index contributed by atoms with van der Waals surface area (Å²) in [7, 11) is 0. The van der Waals surface area contributed by atoms with E-state index in [1.807, 2.05) is 43.3 Å². The molecule has 1 fully saturated rings. The topological polar surface area (TPSA) is 83.1 Å². The molecule has 182 valence electrons. The molecule has 1 saturated carbocycles. The van der Waals surface area contributed by atoms with Gasteiger partial charge in [-0.05, 0) is 55.2 Å². The molecule has 36 heavy (non-hydrogen) atoms. The molecule has 8 heteroatoms. The van der Waals surface area contributed by atoms with Crippen molar-refractivity contribution in [3.05, 3.63) is 100 Å². The monoisotopic (exact) mass is 500 g/mol. The van der Waals surface area contributed by atoms with Crippen molar-refractivity contribution in [2.45, 2.75) is 32.4 Å². The number of benzene rings is 3. The number of anilines is 2. The minimum atomic E-state index is -0.457. The normalized spacial score (nSPS) is 12.7. The summed E-state index contributed by atoms with van der Waals surface area (Å²) in [5.41, 5.74) is 3.63. The summed E-state index contributed by atoms with van der Waals surface area (Å²) < 4.78 is 14.7. The van der Waals surface area contributed by atoms with Gasteiger partial charge in [-0.15, -0.1) is 0 Å². The minimum Gasteiger partial charge on any atom is -0.349 e. The van der Waals surface area contributed by atoms with Gasteiger partial charge in [-0.25, -0.2) is 9.37 Å². The molecule has 0 spiro atoms. The maximum atomic E-state index is 14.7. The van der Waals surface area contributed by atoms with E-state index in [9.17, 15) is 14.0 Å². The Balaban J connectivity index is 1.44. The van der Waals surface area contributed by atoms with Crippen LogP contribution >= 0.6 is 11.3 Å². The second kappa shape index (κ2) is 10.3. The molecule has 0 radical (unpaired) electrons. The Morgan fingerprint density at radius 1 is 1.00 bits per heavy atom. The second-order valence-electron chi connectivity index (χ2n) is 8.75. The zero-order chi connectivity index (χ0) is 25.1. The maximum absolute atomic E-state index is 14.7. The second-order valence-corrected chi connectivity index (χ2v) is 9.75. The van der Waals surface area contributed by atoms with Gasteiger partial charge in [-0.3, -0.25) is 9.59 Å². The van der Waals surface area contributed by atoms with E-state index >= 15 is 0 Å². The molecule has 0 bridgehead atoms. The number of hydrogen-bond acceptors (Lipinski definition) is 5. The molecule has 1 aliphatic carbocycles. The Labute approximate surface area is 212 Å². The lowest BCUT2D eigenvalue weighted by atomic mass is 10.1. The highest BCUT2D eigenvalue weighted by atomic mass is 32.1. The van der Waals surface area contributed by atoms with Gasteiger partial charge in [-0.2, -0.15) is 0 Å². The van der Waals surface area contributed by atoms with E-state index in [1.54, 1.807) is 30.3 Å². The molecule has 5 rings (SSSR count). The summed E-state index contributed by atoms with van der Waals surface area (Å²) in [5.74, 6) is -0.911. The quantitative estimate of drug-likeness (QED) is 0.285. The third-order valence-corrected chi connectivity index (χ3v) is 6.88. The lowest BCUT2D eigenvalue weighted by Crippen LogP contribution is -2.25. The van der Waals surface area contributed by atoms with Crippen molar-refractivity contribution in [3.8, 4) is 11.3 Å². The summed E-state index contributed by atoms with van der Waals surface area (Å²) in [4.78, 5) is 30.6. The largest absolute Gasteiger partial charge is 0.349 e. The van der Waals surface area contributed by atoms with Gasteiger partial charge in [0, 0.05) is 29.4 Å². The van der Waals surface area contributed by atoms with Gasteiger partial charge in [0.15, 0.2) is 5.13 Å². The molecule has 1 heterocycles. The highest BCUT2D eigenvalue weighted by Crippen LogP contribution is 2.35. The van der Waals surface area contributed by atoms with Crippen molar-refractivity contribution < 1.29 is 14.0 Å². The number of aryl methyl sites for hydroxylation is 1. The maximum Gasteiger partial charge on any atom is 0.264 e. The first-order valence-corrected chi connectivity index (χ1v) is 12.6.